The first-order valence-corrected chi connectivity index (χ1v) is 6.72. The van der Waals surface area contributed by atoms with Gasteiger partial charge in [0.05, 0.1) is 11.9 Å². The molecule has 5 heteroatoms. The van der Waals surface area contributed by atoms with E-state index < -0.39 is 0 Å². The summed E-state index contributed by atoms with van der Waals surface area (Å²) >= 11 is 0. The molecule has 2 amide bonds. The summed E-state index contributed by atoms with van der Waals surface area (Å²) in [5.74, 6) is 0.732. The molecular weight excluding hydrogens is 266 g/mol. The Hall–Kier alpha value is -2.56. The molecule has 0 fully saturated rings. The minimum atomic E-state index is -0.329. The summed E-state index contributed by atoms with van der Waals surface area (Å²) in [4.78, 5) is 15.8. The summed E-state index contributed by atoms with van der Waals surface area (Å²) in [5, 5.41) is 5.31. The summed E-state index contributed by atoms with van der Waals surface area (Å²) in [6, 6.07) is 9.12. The number of carbonyl (C=O) groups is 1. The minimum absolute atomic E-state index is 0.105. The number of pyridine rings is 1. The van der Waals surface area contributed by atoms with Crippen molar-refractivity contribution in [1.82, 2.24) is 10.3 Å². The van der Waals surface area contributed by atoms with Crippen LogP contribution in [-0.2, 0) is 0 Å². The molecule has 0 bridgehead atoms. The number of amides is 2. The first kappa shape index (κ1) is 14.8. The zero-order valence-electron chi connectivity index (χ0n) is 12.4. The smallest absolute Gasteiger partial charge is 0.321 e. The Kier molecular flexibility index (Phi) is 4.77. The number of urea groups is 1. The molecule has 21 heavy (non-hydrogen) atoms. The van der Waals surface area contributed by atoms with Crippen LogP contribution >= 0.6 is 0 Å². The molecule has 0 aliphatic rings. The summed E-state index contributed by atoms with van der Waals surface area (Å²) in [5.41, 5.74) is 3.91. The van der Waals surface area contributed by atoms with Crippen LogP contribution in [0.5, 0.6) is 5.75 Å². The molecule has 1 heterocycles. The number of aromatic nitrogens is 1. The van der Waals surface area contributed by atoms with Crippen LogP contribution in [-0.4, -0.2) is 17.7 Å². The lowest BCUT2D eigenvalue weighted by atomic mass is 10.1. The van der Waals surface area contributed by atoms with Crippen LogP contribution in [0.4, 0.5) is 10.5 Å². The number of ether oxygens (including phenoxy) is 1. The molecule has 2 N–H and O–H groups in total. The van der Waals surface area contributed by atoms with Gasteiger partial charge in [0.2, 0.25) is 0 Å². The van der Waals surface area contributed by atoms with Crippen molar-refractivity contribution in [2.75, 3.05) is 12.0 Å². The van der Waals surface area contributed by atoms with Gasteiger partial charge in [-0.1, -0.05) is 6.07 Å². The molecular formula is C16H19N3O2. The van der Waals surface area contributed by atoms with Crippen molar-refractivity contribution in [3.05, 3.63) is 53.3 Å². The summed E-state index contributed by atoms with van der Waals surface area (Å²) in [6.07, 6.45) is 1.61. The summed E-state index contributed by atoms with van der Waals surface area (Å²) in [7, 11) is 0. The number of aryl methyl sites for hydroxylation is 3. The highest BCUT2D eigenvalue weighted by atomic mass is 16.5. The average molecular weight is 285 g/mol. The topological polar surface area (TPSA) is 63.2 Å². The number of anilines is 1. The van der Waals surface area contributed by atoms with Gasteiger partial charge in [-0.3, -0.25) is 4.98 Å². The zero-order valence-corrected chi connectivity index (χ0v) is 12.4. The van der Waals surface area contributed by atoms with Gasteiger partial charge in [-0.05, 0) is 56.2 Å². The van der Waals surface area contributed by atoms with Gasteiger partial charge >= 0.3 is 6.03 Å². The van der Waals surface area contributed by atoms with Crippen molar-refractivity contribution < 1.29 is 9.53 Å². The van der Waals surface area contributed by atoms with E-state index in [9.17, 15) is 4.79 Å². The number of rotatable bonds is 4. The van der Waals surface area contributed by atoms with Crippen LogP contribution in [0.3, 0.4) is 0 Å². The fourth-order valence-electron chi connectivity index (χ4n) is 1.71. The van der Waals surface area contributed by atoms with Crippen LogP contribution < -0.4 is 15.4 Å². The van der Waals surface area contributed by atoms with Crippen LogP contribution in [0, 0.1) is 20.8 Å². The number of hydrogen-bond donors (Lipinski definition) is 2. The lowest BCUT2D eigenvalue weighted by molar-refractivity contribution is 0.234. The maximum atomic E-state index is 11.7. The molecule has 0 aliphatic heterocycles. The van der Waals surface area contributed by atoms with Gasteiger partial charge in [-0.2, -0.15) is 0 Å². The first-order valence-electron chi connectivity index (χ1n) is 6.72. The Balaban J connectivity index is 1.78. The van der Waals surface area contributed by atoms with Crippen LogP contribution in [0.1, 0.15) is 16.8 Å². The lowest BCUT2D eigenvalue weighted by Gasteiger charge is -2.10. The number of nitrogens with zero attached hydrogens (tertiary/aromatic N) is 1. The van der Waals surface area contributed by atoms with E-state index in [0.717, 1.165) is 17.0 Å². The molecule has 0 aliphatic carbocycles. The molecule has 1 aromatic carbocycles. The van der Waals surface area contributed by atoms with Gasteiger partial charge in [0.15, 0.2) is 6.73 Å². The molecule has 0 spiro atoms. The van der Waals surface area contributed by atoms with E-state index in [0.29, 0.717) is 5.69 Å². The highest BCUT2D eigenvalue weighted by molar-refractivity contribution is 5.88. The van der Waals surface area contributed by atoms with Gasteiger partial charge in [0, 0.05) is 5.69 Å². The maximum Gasteiger partial charge on any atom is 0.321 e. The van der Waals surface area contributed by atoms with Crippen molar-refractivity contribution in [1.29, 1.82) is 0 Å². The van der Waals surface area contributed by atoms with E-state index in [4.69, 9.17) is 4.74 Å². The highest BCUT2D eigenvalue weighted by Gasteiger charge is 2.02. The molecule has 1 aromatic heterocycles. The largest absolute Gasteiger partial charge is 0.473 e. The first-order chi connectivity index (χ1) is 10.0. The summed E-state index contributed by atoms with van der Waals surface area (Å²) < 4.78 is 5.48. The highest BCUT2D eigenvalue weighted by Crippen LogP contribution is 2.15. The Morgan fingerprint density at radius 1 is 1.14 bits per heavy atom. The second-order valence-corrected chi connectivity index (χ2v) is 4.85. The minimum Gasteiger partial charge on any atom is -0.473 e. The molecule has 0 radical (unpaired) electrons. The van der Waals surface area contributed by atoms with Gasteiger partial charge < -0.3 is 15.4 Å². The third-order valence-electron chi connectivity index (χ3n) is 3.12. The predicted molar refractivity (Wildman–Crippen MR) is 82.5 cm³/mol. The zero-order chi connectivity index (χ0) is 15.2. The monoisotopic (exact) mass is 285 g/mol. The van der Waals surface area contributed by atoms with E-state index in [1.54, 1.807) is 12.3 Å². The van der Waals surface area contributed by atoms with Crippen molar-refractivity contribution in [2.45, 2.75) is 20.8 Å². The molecule has 2 aromatic rings. The van der Waals surface area contributed by atoms with Crippen molar-refractivity contribution in [2.24, 2.45) is 0 Å². The Morgan fingerprint density at radius 2 is 1.95 bits per heavy atom. The van der Waals surface area contributed by atoms with Gasteiger partial charge in [-0.25, -0.2) is 4.79 Å². The van der Waals surface area contributed by atoms with Gasteiger partial charge in [0.1, 0.15) is 5.75 Å². The van der Waals surface area contributed by atoms with E-state index in [1.165, 1.54) is 5.56 Å². The van der Waals surface area contributed by atoms with Crippen molar-refractivity contribution in [3.8, 4) is 5.75 Å². The SMILES string of the molecule is Cc1ccc(NC(=O)NCOc2ccc(C)c(C)c2)cn1. The standard InChI is InChI=1S/C16H19N3O2/c1-11-4-7-15(8-12(11)2)21-10-18-16(20)19-14-6-5-13(3)17-9-14/h4-9H,10H2,1-3H3,(H2,18,19,20). The number of hydrogen-bond acceptors (Lipinski definition) is 3. The number of benzene rings is 1. The van der Waals surface area contributed by atoms with Crippen LogP contribution in [0.15, 0.2) is 36.5 Å². The number of nitrogens with one attached hydrogen (secondary N) is 2. The molecule has 0 atom stereocenters. The maximum absolute atomic E-state index is 11.7. The third kappa shape index (κ3) is 4.49. The van der Waals surface area contributed by atoms with Crippen LogP contribution in [0.2, 0.25) is 0 Å². The second kappa shape index (κ2) is 6.74. The Bertz CT molecular complexity index is 624. The molecule has 110 valence electrons. The quantitative estimate of drug-likeness (QED) is 0.848. The van der Waals surface area contributed by atoms with E-state index >= 15 is 0 Å². The Labute approximate surface area is 124 Å². The van der Waals surface area contributed by atoms with E-state index in [1.807, 2.05) is 45.0 Å². The van der Waals surface area contributed by atoms with Crippen LogP contribution in [0.25, 0.3) is 0 Å². The average Bonchev–Trinajstić information content (AvgIpc) is 2.45. The second-order valence-electron chi connectivity index (χ2n) is 4.85. The third-order valence-corrected chi connectivity index (χ3v) is 3.12. The molecule has 5 nitrogen and oxygen atoms in total. The van der Waals surface area contributed by atoms with E-state index in [2.05, 4.69) is 15.6 Å². The summed E-state index contributed by atoms with van der Waals surface area (Å²) in [6.45, 7) is 6.06. The van der Waals surface area contributed by atoms with Gasteiger partial charge in [-0.15, -0.1) is 0 Å². The van der Waals surface area contributed by atoms with Gasteiger partial charge in [0.25, 0.3) is 0 Å². The number of carbonyl (C=O) groups excluding carboxylic acids is 1. The molecule has 0 unspecified atom stereocenters. The molecule has 0 saturated heterocycles. The molecule has 0 saturated carbocycles. The van der Waals surface area contributed by atoms with Crippen molar-refractivity contribution >= 4 is 11.7 Å². The normalized spacial score (nSPS) is 10.0. The fourth-order valence-corrected chi connectivity index (χ4v) is 1.71. The lowest BCUT2D eigenvalue weighted by Crippen LogP contribution is -2.32. The Morgan fingerprint density at radius 3 is 2.62 bits per heavy atom. The predicted octanol–water partition coefficient (Wildman–Crippen LogP) is 3.16. The fraction of sp³-hybridized carbons (Fsp3) is 0.250. The molecule has 2 rings (SSSR count). The van der Waals surface area contributed by atoms with Crippen molar-refractivity contribution in [3.63, 3.8) is 0 Å². The van der Waals surface area contributed by atoms with E-state index in [-0.39, 0.29) is 12.8 Å².